The third kappa shape index (κ3) is 11.1. The first kappa shape index (κ1) is 19.2. The van der Waals surface area contributed by atoms with Gasteiger partial charge < -0.3 is 4.74 Å². The third-order valence-electron chi connectivity index (χ3n) is 3.69. The van der Waals surface area contributed by atoms with E-state index in [4.69, 9.17) is 4.74 Å². The van der Waals surface area contributed by atoms with Crippen molar-refractivity contribution in [1.82, 2.24) is 0 Å². The molecule has 0 fully saturated rings. The Morgan fingerprint density at radius 1 is 1.05 bits per heavy atom. The lowest BCUT2D eigenvalue weighted by Gasteiger charge is -2.16. The molecule has 2 heteroatoms. The zero-order valence-corrected chi connectivity index (χ0v) is 13.6. The fourth-order valence-electron chi connectivity index (χ4n) is 2.38. The SMILES string of the molecule is [CH2]CCC(CCCCCCCC)CCOC(=O)C(=C)C. The summed E-state index contributed by atoms with van der Waals surface area (Å²) in [5, 5.41) is 0. The van der Waals surface area contributed by atoms with E-state index in [2.05, 4.69) is 20.4 Å². The maximum atomic E-state index is 11.3. The van der Waals surface area contributed by atoms with Gasteiger partial charge in [0.2, 0.25) is 0 Å². The number of ether oxygens (including phenoxy) is 1. The van der Waals surface area contributed by atoms with Crippen molar-refractivity contribution in [3.8, 4) is 0 Å². The predicted molar refractivity (Wildman–Crippen MR) is 86.5 cm³/mol. The Morgan fingerprint density at radius 3 is 2.30 bits per heavy atom. The smallest absolute Gasteiger partial charge is 0.333 e. The number of carbonyl (C=O) groups is 1. The van der Waals surface area contributed by atoms with Crippen molar-refractivity contribution in [1.29, 1.82) is 0 Å². The maximum absolute atomic E-state index is 11.3. The van der Waals surface area contributed by atoms with Crippen molar-refractivity contribution < 1.29 is 9.53 Å². The molecule has 1 radical (unpaired) electrons. The highest BCUT2D eigenvalue weighted by molar-refractivity contribution is 5.86. The molecule has 20 heavy (non-hydrogen) atoms. The quantitative estimate of drug-likeness (QED) is 0.254. The number of rotatable bonds is 13. The average Bonchev–Trinajstić information content (AvgIpc) is 2.42. The zero-order chi connectivity index (χ0) is 15.2. The molecular weight excluding hydrogens is 248 g/mol. The van der Waals surface area contributed by atoms with E-state index in [0.717, 1.165) is 19.3 Å². The minimum atomic E-state index is -0.266. The largest absolute Gasteiger partial charge is 0.462 e. The van der Waals surface area contributed by atoms with E-state index in [0.29, 0.717) is 18.1 Å². The van der Waals surface area contributed by atoms with Crippen molar-refractivity contribution in [2.45, 2.75) is 78.1 Å². The van der Waals surface area contributed by atoms with Gasteiger partial charge in [0.1, 0.15) is 0 Å². The van der Waals surface area contributed by atoms with E-state index in [9.17, 15) is 4.79 Å². The molecule has 0 aromatic rings. The van der Waals surface area contributed by atoms with E-state index in [1.807, 2.05) is 0 Å². The monoisotopic (exact) mass is 281 g/mol. The molecule has 0 heterocycles. The second kappa shape index (κ2) is 13.2. The van der Waals surface area contributed by atoms with Crippen LogP contribution in [0.4, 0.5) is 0 Å². The normalized spacial score (nSPS) is 12.2. The molecule has 0 bridgehead atoms. The molecule has 0 N–H and O–H groups in total. The summed E-state index contributed by atoms with van der Waals surface area (Å²) in [4.78, 5) is 11.3. The number of esters is 1. The second-order valence-electron chi connectivity index (χ2n) is 5.77. The molecule has 0 spiro atoms. The molecule has 0 aliphatic heterocycles. The van der Waals surface area contributed by atoms with Crippen LogP contribution in [0, 0.1) is 12.8 Å². The van der Waals surface area contributed by atoms with Crippen LogP contribution >= 0.6 is 0 Å². The van der Waals surface area contributed by atoms with E-state index >= 15 is 0 Å². The average molecular weight is 281 g/mol. The Morgan fingerprint density at radius 2 is 1.70 bits per heavy atom. The van der Waals surface area contributed by atoms with Crippen LogP contribution in [0.15, 0.2) is 12.2 Å². The summed E-state index contributed by atoms with van der Waals surface area (Å²) in [5.74, 6) is 0.384. The first-order valence-corrected chi connectivity index (χ1v) is 8.23. The molecule has 0 amide bonds. The molecule has 1 atom stereocenters. The lowest BCUT2D eigenvalue weighted by atomic mass is 9.93. The Bertz CT molecular complexity index is 258. The fraction of sp³-hybridized carbons (Fsp3) is 0.778. The first-order valence-electron chi connectivity index (χ1n) is 8.23. The number of unbranched alkanes of at least 4 members (excludes halogenated alkanes) is 5. The van der Waals surface area contributed by atoms with Gasteiger partial charge in [0.15, 0.2) is 0 Å². The Kier molecular flexibility index (Phi) is 12.7. The van der Waals surface area contributed by atoms with Crippen molar-refractivity contribution in [3.63, 3.8) is 0 Å². The van der Waals surface area contributed by atoms with Gasteiger partial charge in [0.05, 0.1) is 6.61 Å². The van der Waals surface area contributed by atoms with E-state index in [-0.39, 0.29) is 5.97 Å². The van der Waals surface area contributed by atoms with Crippen LogP contribution in [-0.4, -0.2) is 12.6 Å². The van der Waals surface area contributed by atoms with Gasteiger partial charge in [-0.05, 0) is 19.3 Å². The molecule has 0 aromatic carbocycles. The highest BCUT2D eigenvalue weighted by Gasteiger charge is 2.10. The summed E-state index contributed by atoms with van der Waals surface area (Å²) in [5.41, 5.74) is 0.481. The summed E-state index contributed by atoms with van der Waals surface area (Å²) in [6.45, 7) is 12.0. The molecular formula is C18H33O2. The highest BCUT2D eigenvalue weighted by atomic mass is 16.5. The molecule has 0 aliphatic carbocycles. The first-order chi connectivity index (χ1) is 9.61. The maximum Gasteiger partial charge on any atom is 0.333 e. The van der Waals surface area contributed by atoms with Gasteiger partial charge in [-0.1, -0.05) is 78.2 Å². The topological polar surface area (TPSA) is 26.3 Å². The summed E-state index contributed by atoms with van der Waals surface area (Å²) in [6.07, 6.45) is 12.3. The van der Waals surface area contributed by atoms with E-state index in [1.165, 1.54) is 44.9 Å². The standard InChI is InChI=1S/C18H33O2/c1-5-7-8-9-10-11-13-17(12-6-2)14-15-20-18(19)16(3)4/h17H,2-3,5-15H2,1,4H3. The van der Waals surface area contributed by atoms with Crippen LogP contribution in [0.25, 0.3) is 0 Å². The van der Waals surface area contributed by atoms with E-state index in [1.54, 1.807) is 6.92 Å². The van der Waals surface area contributed by atoms with Gasteiger partial charge in [-0.3, -0.25) is 0 Å². The molecule has 0 rings (SSSR count). The molecule has 0 saturated heterocycles. The molecule has 1 unspecified atom stereocenters. The summed E-state index contributed by atoms with van der Waals surface area (Å²) in [6, 6.07) is 0. The highest BCUT2D eigenvalue weighted by Crippen LogP contribution is 2.20. The lowest BCUT2D eigenvalue weighted by molar-refractivity contribution is -0.139. The van der Waals surface area contributed by atoms with Crippen LogP contribution in [0.3, 0.4) is 0 Å². The van der Waals surface area contributed by atoms with Crippen molar-refractivity contribution >= 4 is 5.97 Å². The number of hydrogen-bond acceptors (Lipinski definition) is 2. The Hall–Kier alpha value is -0.790. The van der Waals surface area contributed by atoms with Gasteiger partial charge in [-0.15, -0.1) is 0 Å². The van der Waals surface area contributed by atoms with Crippen LogP contribution < -0.4 is 0 Å². The van der Waals surface area contributed by atoms with Crippen molar-refractivity contribution in [3.05, 3.63) is 19.1 Å². The van der Waals surface area contributed by atoms with Crippen LogP contribution in [0.5, 0.6) is 0 Å². The summed E-state index contributed by atoms with van der Waals surface area (Å²) in [7, 11) is 0. The molecule has 0 aliphatic rings. The van der Waals surface area contributed by atoms with Gasteiger partial charge in [0, 0.05) is 5.57 Å². The van der Waals surface area contributed by atoms with Crippen molar-refractivity contribution in [2.24, 2.45) is 5.92 Å². The number of carbonyl (C=O) groups excluding carboxylic acids is 1. The van der Waals surface area contributed by atoms with Crippen LogP contribution in [0.1, 0.15) is 78.1 Å². The predicted octanol–water partition coefficient (Wildman–Crippen LogP) is 5.48. The fourth-order valence-corrected chi connectivity index (χ4v) is 2.38. The third-order valence-corrected chi connectivity index (χ3v) is 3.69. The van der Waals surface area contributed by atoms with Gasteiger partial charge in [-0.25, -0.2) is 4.79 Å². The van der Waals surface area contributed by atoms with Gasteiger partial charge in [0.25, 0.3) is 0 Å². The van der Waals surface area contributed by atoms with Crippen molar-refractivity contribution in [2.75, 3.05) is 6.61 Å². The van der Waals surface area contributed by atoms with E-state index < -0.39 is 0 Å². The lowest BCUT2D eigenvalue weighted by Crippen LogP contribution is -2.10. The summed E-state index contributed by atoms with van der Waals surface area (Å²) >= 11 is 0. The zero-order valence-electron chi connectivity index (χ0n) is 13.6. The molecule has 117 valence electrons. The molecule has 2 nitrogen and oxygen atoms in total. The Labute approximate surface area is 126 Å². The van der Waals surface area contributed by atoms with Crippen LogP contribution in [0.2, 0.25) is 0 Å². The molecule has 0 aromatic heterocycles. The van der Waals surface area contributed by atoms with Gasteiger partial charge in [-0.2, -0.15) is 0 Å². The Balaban J connectivity index is 3.70. The minimum absolute atomic E-state index is 0.266. The summed E-state index contributed by atoms with van der Waals surface area (Å²) < 4.78 is 5.18. The number of hydrogen-bond donors (Lipinski definition) is 0. The second-order valence-corrected chi connectivity index (χ2v) is 5.77. The molecule has 0 saturated carbocycles. The minimum Gasteiger partial charge on any atom is -0.462 e. The van der Waals surface area contributed by atoms with Crippen LogP contribution in [-0.2, 0) is 9.53 Å². The van der Waals surface area contributed by atoms with Gasteiger partial charge >= 0.3 is 5.97 Å².